The highest BCUT2D eigenvalue weighted by Gasteiger charge is 2.20. The Labute approximate surface area is 107 Å². The van der Waals surface area contributed by atoms with E-state index >= 15 is 0 Å². The van der Waals surface area contributed by atoms with Gasteiger partial charge in [0.1, 0.15) is 0 Å². The first-order chi connectivity index (χ1) is 8.65. The van der Waals surface area contributed by atoms with Crippen molar-refractivity contribution < 1.29 is 10.0 Å². The van der Waals surface area contributed by atoms with Gasteiger partial charge in [-0.05, 0) is 6.92 Å². The molecule has 0 saturated carbocycles. The quantitative estimate of drug-likeness (QED) is 0.294. The Morgan fingerprint density at radius 1 is 1.33 bits per heavy atom. The molecule has 92 valence electrons. The van der Waals surface area contributed by atoms with E-state index in [4.69, 9.17) is 5.21 Å². The number of rotatable bonds is 2. The summed E-state index contributed by atoms with van der Waals surface area (Å²) in [5.74, 6) is -0.786. The van der Waals surface area contributed by atoms with Crippen LogP contribution in [0.5, 0.6) is 0 Å². The molecule has 0 unspecified atom stereocenters. The molecule has 0 atom stereocenters. The maximum atomic E-state index is 12.1. The van der Waals surface area contributed by atoms with Gasteiger partial charge in [0.2, 0.25) is 11.6 Å². The Bertz CT molecular complexity index is 655. The van der Waals surface area contributed by atoms with Crippen molar-refractivity contribution in [3.8, 4) is 0 Å². The third kappa shape index (κ3) is 2.10. The van der Waals surface area contributed by atoms with Crippen molar-refractivity contribution in [1.82, 2.24) is 4.57 Å². The summed E-state index contributed by atoms with van der Waals surface area (Å²) in [6.07, 6.45) is 0. The van der Waals surface area contributed by atoms with E-state index in [0.717, 1.165) is 15.9 Å². The number of oxime groups is 1. The molecule has 0 aliphatic heterocycles. The van der Waals surface area contributed by atoms with Gasteiger partial charge in [-0.25, -0.2) is 4.57 Å². The summed E-state index contributed by atoms with van der Waals surface area (Å²) in [7, 11) is 0. The summed E-state index contributed by atoms with van der Waals surface area (Å²) in [5.41, 5.74) is 0.921. The fourth-order valence-corrected chi connectivity index (χ4v) is 2.26. The van der Waals surface area contributed by atoms with Gasteiger partial charge in [-0.2, -0.15) is 0 Å². The number of Topliss-reactive ketones (excluding diaryl/α,β-unsaturated/α-hetero) is 1. The molecule has 0 saturated heterocycles. The SMILES string of the molecule is Cc1csc(=O)n1/C(=N\O)C(=O)c1ccccc1. The van der Waals surface area contributed by atoms with Crippen LogP contribution in [0.2, 0.25) is 0 Å². The highest BCUT2D eigenvalue weighted by atomic mass is 32.1. The number of aryl methyl sites for hydroxylation is 1. The predicted molar refractivity (Wildman–Crippen MR) is 68.7 cm³/mol. The minimum absolute atomic E-state index is 0.287. The standard InChI is InChI=1S/C12H10N2O3S/c1-8-7-18-12(16)14(8)11(13-17)10(15)9-5-3-2-4-6-9/h2-7,17H,1H3/b13-11-. The fourth-order valence-electron chi connectivity index (χ4n) is 1.55. The van der Waals surface area contributed by atoms with E-state index in [0.29, 0.717) is 11.3 Å². The summed E-state index contributed by atoms with van der Waals surface area (Å²) < 4.78 is 1.10. The average molecular weight is 262 g/mol. The molecule has 1 heterocycles. The Morgan fingerprint density at radius 3 is 2.50 bits per heavy atom. The summed E-state index contributed by atoms with van der Waals surface area (Å²) in [6.45, 7) is 1.67. The molecule has 0 bridgehead atoms. The Hall–Kier alpha value is -2.21. The van der Waals surface area contributed by atoms with Gasteiger partial charge in [0.05, 0.1) is 0 Å². The number of ketones is 1. The zero-order chi connectivity index (χ0) is 13.1. The van der Waals surface area contributed by atoms with Crippen LogP contribution in [-0.4, -0.2) is 21.4 Å². The molecular weight excluding hydrogens is 252 g/mol. The first-order valence-electron chi connectivity index (χ1n) is 5.14. The van der Waals surface area contributed by atoms with Crippen molar-refractivity contribution in [1.29, 1.82) is 0 Å². The minimum atomic E-state index is -0.498. The average Bonchev–Trinajstić information content (AvgIpc) is 2.72. The van der Waals surface area contributed by atoms with E-state index in [1.165, 1.54) is 0 Å². The van der Waals surface area contributed by atoms with Gasteiger partial charge in [-0.15, -0.1) is 0 Å². The van der Waals surface area contributed by atoms with Crippen LogP contribution in [0.15, 0.2) is 45.7 Å². The summed E-state index contributed by atoms with van der Waals surface area (Å²) in [4.78, 5) is 23.4. The highest BCUT2D eigenvalue weighted by molar-refractivity contribution is 7.07. The minimum Gasteiger partial charge on any atom is -0.409 e. The van der Waals surface area contributed by atoms with Gasteiger partial charge in [0.15, 0.2) is 0 Å². The van der Waals surface area contributed by atoms with Crippen LogP contribution in [0.25, 0.3) is 0 Å². The van der Waals surface area contributed by atoms with Crippen molar-refractivity contribution in [3.63, 3.8) is 0 Å². The van der Waals surface area contributed by atoms with Crippen molar-refractivity contribution in [2.75, 3.05) is 0 Å². The molecule has 1 aromatic carbocycles. The Balaban J connectivity index is 2.50. The lowest BCUT2D eigenvalue weighted by molar-refractivity contribution is 0.105. The molecule has 0 aliphatic carbocycles. The molecule has 2 aromatic rings. The summed E-state index contributed by atoms with van der Waals surface area (Å²) in [5, 5.41) is 13.6. The number of carbonyl (C=O) groups excluding carboxylic acids is 1. The lowest BCUT2D eigenvalue weighted by atomic mass is 10.1. The van der Waals surface area contributed by atoms with Crippen LogP contribution in [0.4, 0.5) is 0 Å². The topological polar surface area (TPSA) is 71.7 Å². The number of thiazole rings is 1. The van der Waals surface area contributed by atoms with Crippen LogP contribution in [-0.2, 0) is 0 Å². The molecule has 0 fully saturated rings. The number of nitrogens with zero attached hydrogens (tertiary/aromatic N) is 2. The summed E-state index contributed by atoms with van der Waals surface area (Å²) >= 11 is 0.951. The second-order valence-corrected chi connectivity index (χ2v) is 4.42. The molecule has 0 amide bonds. The third-order valence-electron chi connectivity index (χ3n) is 2.41. The monoisotopic (exact) mass is 262 g/mol. The van der Waals surface area contributed by atoms with E-state index in [2.05, 4.69) is 5.16 Å². The van der Waals surface area contributed by atoms with Crippen molar-refractivity contribution in [2.45, 2.75) is 6.92 Å². The van der Waals surface area contributed by atoms with Gasteiger partial charge in [0, 0.05) is 16.6 Å². The van der Waals surface area contributed by atoms with Crippen molar-refractivity contribution in [2.24, 2.45) is 5.16 Å². The van der Waals surface area contributed by atoms with E-state index in [9.17, 15) is 9.59 Å². The molecule has 18 heavy (non-hydrogen) atoms. The Morgan fingerprint density at radius 2 is 2.00 bits per heavy atom. The molecule has 2 rings (SSSR count). The molecule has 6 heteroatoms. The molecule has 1 N–H and O–H groups in total. The van der Waals surface area contributed by atoms with E-state index in [1.807, 2.05) is 0 Å². The molecular formula is C12H10N2O3S. The van der Waals surface area contributed by atoms with Gasteiger partial charge >= 0.3 is 4.87 Å². The molecule has 1 aromatic heterocycles. The highest BCUT2D eigenvalue weighted by Crippen LogP contribution is 2.06. The van der Waals surface area contributed by atoms with Gasteiger partial charge in [-0.3, -0.25) is 9.59 Å². The fraction of sp³-hybridized carbons (Fsp3) is 0.0833. The van der Waals surface area contributed by atoms with E-state index < -0.39 is 5.78 Å². The van der Waals surface area contributed by atoms with Gasteiger partial charge in [0.25, 0.3) is 0 Å². The summed E-state index contributed by atoms with van der Waals surface area (Å²) in [6, 6.07) is 8.37. The molecule has 0 aliphatic rings. The molecule has 5 nitrogen and oxygen atoms in total. The lowest BCUT2D eigenvalue weighted by Gasteiger charge is -2.05. The lowest BCUT2D eigenvalue weighted by Crippen LogP contribution is -2.30. The number of aromatic nitrogens is 1. The van der Waals surface area contributed by atoms with Crippen LogP contribution in [0, 0.1) is 6.92 Å². The van der Waals surface area contributed by atoms with Crippen molar-refractivity contribution in [3.05, 3.63) is 56.6 Å². The smallest absolute Gasteiger partial charge is 0.313 e. The van der Waals surface area contributed by atoms with Crippen LogP contribution >= 0.6 is 11.3 Å². The normalized spacial score (nSPS) is 11.5. The zero-order valence-electron chi connectivity index (χ0n) is 9.53. The zero-order valence-corrected chi connectivity index (χ0v) is 10.3. The second kappa shape index (κ2) is 4.97. The Kier molecular flexibility index (Phi) is 3.38. The third-order valence-corrected chi connectivity index (χ3v) is 3.25. The molecule has 0 spiro atoms. The van der Waals surface area contributed by atoms with E-state index in [1.54, 1.807) is 42.6 Å². The van der Waals surface area contributed by atoms with Gasteiger partial charge in [-0.1, -0.05) is 46.8 Å². The largest absolute Gasteiger partial charge is 0.409 e. The van der Waals surface area contributed by atoms with Crippen LogP contribution < -0.4 is 4.87 Å². The maximum absolute atomic E-state index is 12.1. The predicted octanol–water partition coefficient (Wildman–Crippen LogP) is 1.74. The van der Waals surface area contributed by atoms with E-state index in [-0.39, 0.29) is 10.7 Å². The number of benzene rings is 1. The number of carbonyl (C=O) groups is 1. The first-order valence-corrected chi connectivity index (χ1v) is 6.02. The van der Waals surface area contributed by atoms with Gasteiger partial charge < -0.3 is 5.21 Å². The number of hydrogen-bond acceptors (Lipinski definition) is 5. The van der Waals surface area contributed by atoms with Crippen LogP contribution in [0.3, 0.4) is 0 Å². The van der Waals surface area contributed by atoms with Crippen molar-refractivity contribution >= 4 is 23.0 Å². The molecule has 0 radical (unpaired) electrons. The first kappa shape index (κ1) is 12.3. The maximum Gasteiger partial charge on any atom is 0.313 e. The van der Waals surface area contributed by atoms with Crippen LogP contribution in [0.1, 0.15) is 16.1 Å². The second-order valence-electron chi connectivity index (χ2n) is 3.60. The number of hydrogen-bond donors (Lipinski definition) is 1.